The molecular weight excluding hydrogens is 387 g/mol. The Morgan fingerprint density at radius 3 is 2.91 bits per heavy atom. The first-order chi connectivity index (χ1) is 11.0. The molecule has 1 aliphatic rings. The van der Waals surface area contributed by atoms with Gasteiger partial charge in [0.2, 0.25) is 6.10 Å². The number of oxime groups is 1. The van der Waals surface area contributed by atoms with Crippen molar-refractivity contribution in [2.24, 2.45) is 5.16 Å². The summed E-state index contributed by atoms with van der Waals surface area (Å²) in [7, 11) is 0. The number of amides is 1. The van der Waals surface area contributed by atoms with Gasteiger partial charge in [0.1, 0.15) is 5.82 Å². The molecule has 0 aliphatic carbocycles. The molecule has 1 aliphatic heterocycles. The van der Waals surface area contributed by atoms with E-state index in [1.54, 1.807) is 0 Å². The van der Waals surface area contributed by atoms with E-state index in [2.05, 4.69) is 26.4 Å². The summed E-state index contributed by atoms with van der Waals surface area (Å²) in [5.74, 6) is -0.900. The highest BCUT2D eigenvalue weighted by atomic mass is 79.9. The number of anilines is 1. The van der Waals surface area contributed by atoms with Crippen LogP contribution in [0.25, 0.3) is 0 Å². The number of nitrogens with one attached hydrogen (secondary N) is 1. The molecule has 1 N–H and O–H groups in total. The van der Waals surface area contributed by atoms with Crippen LogP contribution in [0.15, 0.2) is 52.1 Å². The number of rotatable bonds is 3. The lowest BCUT2D eigenvalue weighted by atomic mass is 10.0. The van der Waals surface area contributed by atoms with Gasteiger partial charge in [-0.15, -0.1) is 0 Å². The molecule has 2 aromatic carbocycles. The van der Waals surface area contributed by atoms with Gasteiger partial charge in [-0.3, -0.25) is 4.79 Å². The summed E-state index contributed by atoms with van der Waals surface area (Å²) >= 11 is 9.08. The molecule has 23 heavy (non-hydrogen) atoms. The lowest BCUT2D eigenvalue weighted by molar-refractivity contribution is -0.125. The van der Waals surface area contributed by atoms with E-state index >= 15 is 0 Å². The highest BCUT2D eigenvalue weighted by Gasteiger charge is 2.29. The molecule has 1 atom stereocenters. The van der Waals surface area contributed by atoms with Gasteiger partial charge >= 0.3 is 0 Å². The lowest BCUT2D eigenvalue weighted by Gasteiger charge is -2.10. The quantitative estimate of drug-likeness (QED) is 0.836. The number of halogens is 3. The monoisotopic (exact) mass is 396 g/mol. The van der Waals surface area contributed by atoms with E-state index in [-0.39, 0.29) is 10.9 Å². The zero-order valence-corrected chi connectivity index (χ0v) is 14.1. The summed E-state index contributed by atoms with van der Waals surface area (Å²) in [4.78, 5) is 17.4. The summed E-state index contributed by atoms with van der Waals surface area (Å²) in [5, 5.41) is 6.56. The first-order valence-electron chi connectivity index (χ1n) is 6.77. The number of benzene rings is 2. The van der Waals surface area contributed by atoms with Crippen molar-refractivity contribution in [1.29, 1.82) is 0 Å². The predicted octanol–water partition coefficient (Wildman–Crippen LogP) is 4.37. The third-order valence-electron chi connectivity index (χ3n) is 3.31. The standard InChI is InChI=1S/C16H11BrClFN2O2/c17-10-3-1-2-9(6-10)14-8-15(23-21-14)16(22)20-11-4-5-13(19)12(18)7-11/h1-7,15H,8H2,(H,20,22). The van der Waals surface area contributed by atoms with Gasteiger partial charge in [0, 0.05) is 22.1 Å². The Hall–Kier alpha value is -1.92. The molecule has 0 radical (unpaired) electrons. The number of hydrogen-bond donors (Lipinski definition) is 1. The van der Waals surface area contributed by atoms with Crippen molar-refractivity contribution >= 4 is 44.8 Å². The minimum Gasteiger partial charge on any atom is -0.382 e. The lowest BCUT2D eigenvalue weighted by Crippen LogP contribution is -2.28. The van der Waals surface area contributed by atoms with Gasteiger partial charge < -0.3 is 10.2 Å². The molecule has 1 heterocycles. The topological polar surface area (TPSA) is 50.7 Å². The fourth-order valence-electron chi connectivity index (χ4n) is 2.15. The Labute approximate surface area is 145 Å². The number of carbonyl (C=O) groups is 1. The molecule has 1 unspecified atom stereocenters. The van der Waals surface area contributed by atoms with E-state index in [0.29, 0.717) is 17.8 Å². The van der Waals surface area contributed by atoms with Crippen LogP contribution < -0.4 is 5.32 Å². The Balaban J connectivity index is 1.65. The Morgan fingerprint density at radius 1 is 1.35 bits per heavy atom. The van der Waals surface area contributed by atoms with E-state index in [1.807, 2.05) is 24.3 Å². The zero-order valence-electron chi connectivity index (χ0n) is 11.7. The normalized spacial score (nSPS) is 16.7. The molecule has 0 saturated heterocycles. The van der Waals surface area contributed by atoms with Gasteiger partial charge in [0.15, 0.2) is 0 Å². The molecule has 0 aromatic heterocycles. The van der Waals surface area contributed by atoms with Gasteiger partial charge in [-0.05, 0) is 30.3 Å². The largest absolute Gasteiger partial charge is 0.382 e. The van der Waals surface area contributed by atoms with Crippen LogP contribution in [0.3, 0.4) is 0 Å². The molecule has 0 spiro atoms. The first-order valence-corrected chi connectivity index (χ1v) is 7.94. The van der Waals surface area contributed by atoms with Crippen LogP contribution >= 0.6 is 27.5 Å². The van der Waals surface area contributed by atoms with Crippen LogP contribution in [0.5, 0.6) is 0 Å². The SMILES string of the molecule is O=C(Nc1ccc(F)c(Cl)c1)C1CC(c2cccc(Br)c2)=NO1. The van der Waals surface area contributed by atoms with E-state index in [9.17, 15) is 9.18 Å². The van der Waals surface area contributed by atoms with Crippen molar-refractivity contribution in [3.05, 3.63) is 63.3 Å². The number of nitrogens with zero attached hydrogens (tertiary/aromatic N) is 1. The molecule has 3 rings (SSSR count). The van der Waals surface area contributed by atoms with Crippen molar-refractivity contribution in [2.45, 2.75) is 12.5 Å². The van der Waals surface area contributed by atoms with Crippen molar-refractivity contribution in [3.8, 4) is 0 Å². The summed E-state index contributed by atoms with van der Waals surface area (Å²) < 4.78 is 14.0. The Kier molecular flexibility index (Phi) is 4.63. The summed E-state index contributed by atoms with van der Waals surface area (Å²) in [6.07, 6.45) is -0.371. The average Bonchev–Trinajstić information content (AvgIpc) is 3.01. The third kappa shape index (κ3) is 3.71. The second kappa shape index (κ2) is 6.68. The molecule has 4 nitrogen and oxygen atoms in total. The van der Waals surface area contributed by atoms with Crippen LogP contribution in [0.1, 0.15) is 12.0 Å². The Morgan fingerprint density at radius 2 is 2.17 bits per heavy atom. The maximum Gasteiger partial charge on any atom is 0.268 e. The maximum atomic E-state index is 13.1. The van der Waals surface area contributed by atoms with Crippen molar-refractivity contribution in [3.63, 3.8) is 0 Å². The van der Waals surface area contributed by atoms with Gasteiger partial charge in [-0.2, -0.15) is 0 Å². The van der Waals surface area contributed by atoms with Gasteiger partial charge in [-0.25, -0.2) is 4.39 Å². The molecule has 1 amide bonds. The second-order valence-corrected chi connectivity index (χ2v) is 6.29. The Bertz CT molecular complexity index is 797. The van der Waals surface area contributed by atoms with Gasteiger partial charge in [-0.1, -0.05) is 44.8 Å². The maximum absolute atomic E-state index is 13.1. The fraction of sp³-hybridized carbons (Fsp3) is 0.125. The van der Waals surface area contributed by atoms with Crippen molar-refractivity contribution < 1.29 is 14.0 Å². The molecule has 2 aromatic rings. The molecule has 7 heteroatoms. The van der Waals surface area contributed by atoms with E-state index in [4.69, 9.17) is 16.4 Å². The zero-order chi connectivity index (χ0) is 16.4. The predicted molar refractivity (Wildman–Crippen MR) is 90.2 cm³/mol. The molecule has 0 saturated carbocycles. The fourth-order valence-corrected chi connectivity index (χ4v) is 2.73. The summed E-state index contributed by atoms with van der Waals surface area (Å²) in [5.41, 5.74) is 1.99. The average molecular weight is 398 g/mol. The van der Waals surface area contributed by atoms with Crippen LogP contribution in [0, 0.1) is 5.82 Å². The minimum absolute atomic E-state index is 0.0544. The summed E-state index contributed by atoms with van der Waals surface area (Å²) in [6, 6.07) is 11.6. The van der Waals surface area contributed by atoms with Gasteiger partial charge in [0.25, 0.3) is 5.91 Å². The highest BCUT2D eigenvalue weighted by Crippen LogP contribution is 2.22. The van der Waals surface area contributed by atoms with Crippen LogP contribution in [-0.2, 0) is 9.63 Å². The van der Waals surface area contributed by atoms with E-state index < -0.39 is 11.9 Å². The van der Waals surface area contributed by atoms with Crippen LogP contribution in [0.4, 0.5) is 10.1 Å². The summed E-state index contributed by atoms with van der Waals surface area (Å²) in [6.45, 7) is 0. The molecular formula is C16H11BrClFN2O2. The van der Waals surface area contributed by atoms with E-state index in [1.165, 1.54) is 18.2 Å². The minimum atomic E-state index is -0.729. The first kappa shape index (κ1) is 16.0. The van der Waals surface area contributed by atoms with Crippen LogP contribution in [-0.4, -0.2) is 17.7 Å². The third-order valence-corrected chi connectivity index (χ3v) is 4.09. The van der Waals surface area contributed by atoms with Gasteiger partial charge in [0.05, 0.1) is 10.7 Å². The molecule has 0 fully saturated rings. The van der Waals surface area contributed by atoms with E-state index in [0.717, 1.165) is 10.0 Å². The van der Waals surface area contributed by atoms with Crippen molar-refractivity contribution in [1.82, 2.24) is 0 Å². The molecule has 118 valence electrons. The van der Waals surface area contributed by atoms with Crippen molar-refractivity contribution in [2.75, 3.05) is 5.32 Å². The number of hydrogen-bond acceptors (Lipinski definition) is 3. The smallest absolute Gasteiger partial charge is 0.268 e. The highest BCUT2D eigenvalue weighted by molar-refractivity contribution is 9.10. The number of carbonyl (C=O) groups excluding carboxylic acids is 1. The molecule has 0 bridgehead atoms. The van der Waals surface area contributed by atoms with Crippen LogP contribution in [0.2, 0.25) is 5.02 Å². The second-order valence-electron chi connectivity index (χ2n) is 4.96.